The second-order valence-electron chi connectivity index (χ2n) is 4.24. The fourth-order valence-corrected chi connectivity index (χ4v) is 2.24. The quantitative estimate of drug-likeness (QED) is 0.762. The maximum absolute atomic E-state index is 13.8. The van der Waals surface area contributed by atoms with Crippen molar-refractivity contribution in [1.29, 1.82) is 0 Å². The van der Waals surface area contributed by atoms with Crippen molar-refractivity contribution in [2.75, 3.05) is 0 Å². The van der Waals surface area contributed by atoms with Crippen molar-refractivity contribution in [3.05, 3.63) is 69.2 Å². The van der Waals surface area contributed by atoms with Gasteiger partial charge in [-0.2, -0.15) is 0 Å². The topological polar surface area (TPSA) is 17.1 Å². The van der Waals surface area contributed by atoms with Crippen LogP contribution in [0.5, 0.6) is 0 Å². The van der Waals surface area contributed by atoms with Gasteiger partial charge in [0.05, 0.1) is 5.56 Å². The van der Waals surface area contributed by atoms with Gasteiger partial charge < -0.3 is 0 Å². The molecule has 4 heteroatoms. The van der Waals surface area contributed by atoms with Gasteiger partial charge in [-0.1, -0.05) is 40.2 Å². The highest BCUT2D eigenvalue weighted by atomic mass is 79.9. The van der Waals surface area contributed by atoms with E-state index in [1.54, 1.807) is 18.2 Å². The number of halogens is 3. The average Bonchev–Trinajstić information content (AvgIpc) is 2.37. The lowest BCUT2D eigenvalue weighted by atomic mass is 10.0. The Morgan fingerprint density at radius 2 is 1.84 bits per heavy atom. The zero-order valence-corrected chi connectivity index (χ0v) is 11.8. The highest BCUT2D eigenvalue weighted by Gasteiger charge is 2.19. The number of Topliss-reactive ketones (excluding diaryl/α,β-unsaturated/α-hetero) is 1. The molecule has 0 heterocycles. The van der Waals surface area contributed by atoms with Gasteiger partial charge in [-0.05, 0) is 30.2 Å². The summed E-state index contributed by atoms with van der Waals surface area (Å²) >= 11 is 3.31. The van der Waals surface area contributed by atoms with Crippen LogP contribution in [0.4, 0.5) is 8.78 Å². The van der Waals surface area contributed by atoms with E-state index in [4.69, 9.17) is 0 Å². The van der Waals surface area contributed by atoms with Crippen LogP contribution in [0.2, 0.25) is 0 Å². The number of carbonyl (C=O) groups is 1. The van der Waals surface area contributed by atoms with Gasteiger partial charge in [0.1, 0.15) is 11.6 Å². The van der Waals surface area contributed by atoms with Crippen LogP contribution in [-0.4, -0.2) is 5.78 Å². The van der Waals surface area contributed by atoms with Gasteiger partial charge in [0, 0.05) is 10.9 Å². The van der Waals surface area contributed by atoms with Crippen LogP contribution in [0.1, 0.15) is 21.5 Å². The minimum atomic E-state index is -0.819. The van der Waals surface area contributed by atoms with Crippen LogP contribution in [0.15, 0.2) is 40.9 Å². The van der Waals surface area contributed by atoms with Crippen LogP contribution in [0, 0.1) is 18.6 Å². The molecule has 0 saturated heterocycles. The number of hydrogen-bond donors (Lipinski definition) is 0. The lowest BCUT2D eigenvalue weighted by Gasteiger charge is -2.07. The van der Waals surface area contributed by atoms with Crippen LogP contribution in [-0.2, 0) is 6.42 Å². The minimum Gasteiger partial charge on any atom is -0.294 e. The van der Waals surface area contributed by atoms with Gasteiger partial charge in [-0.15, -0.1) is 0 Å². The highest BCUT2D eigenvalue weighted by Crippen LogP contribution is 2.21. The van der Waals surface area contributed by atoms with Crippen molar-refractivity contribution in [3.8, 4) is 0 Å². The second kappa shape index (κ2) is 5.61. The minimum absolute atomic E-state index is 0.0429. The molecule has 0 aliphatic rings. The van der Waals surface area contributed by atoms with Gasteiger partial charge in [-0.25, -0.2) is 8.78 Å². The van der Waals surface area contributed by atoms with Crippen molar-refractivity contribution >= 4 is 21.7 Å². The molecule has 0 unspecified atom stereocenters. The zero-order chi connectivity index (χ0) is 14.0. The van der Waals surface area contributed by atoms with E-state index in [2.05, 4.69) is 15.9 Å². The Bertz CT molecular complexity index is 638. The third-order valence-electron chi connectivity index (χ3n) is 2.87. The lowest BCUT2D eigenvalue weighted by Crippen LogP contribution is -2.10. The van der Waals surface area contributed by atoms with E-state index in [0.29, 0.717) is 5.56 Å². The van der Waals surface area contributed by atoms with E-state index in [-0.39, 0.29) is 12.0 Å². The molecule has 0 saturated carbocycles. The van der Waals surface area contributed by atoms with E-state index in [0.717, 1.165) is 10.5 Å². The summed E-state index contributed by atoms with van der Waals surface area (Å²) in [6.07, 6.45) is -0.0429. The first-order valence-electron chi connectivity index (χ1n) is 5.72. The lowest BCUT2D eigenvalue weighted by molar-refractivity contribution is 0.0984. The fourth-order valence-electron chi connectivity index (χ4n) is 1.82. The number of hydrogen-bond acceptors (Lipinski definition) is 1. The Hall–Kier alpha value is -1.55. The number of benzene rings is 2. The van der Waals surface area contributed by atoms with Crippen molar-refractivity contribution in [3.63, 3.8) is 0 Å². The molecular weight excluding hydrogens is 314 g/mol. The summed E-state index contributed by atoms with van der Waals surface area (Å²) in [7, 11) is 0. The number of carbonyl (C=O) groups excluding carboxylic acids is 1. The first-order chi connectivity index (χ1) is 9.00. The van der Waals surface area contributed by atoms with Gasteiger partial charge in [0.2, 0.25) is 0 Å². The summed E-state index contributed by atoms with van der Waals surface area (Å²) < 4.78 is 28.2. The van der Waals surface area contributed by atoms with Gasteiger partial charge in [0.25, 0.3) is 0 Å². The van der Waals surface area contributed by atoms with Crippen molar-refractivity contribution in [1.82, 2.24) is 0 Å². The summed E-state index contributed by atoms with van der Waals surface area (Å²) in [5.41, 5.74) is 0.500. The number of ketones is 1. The molecule has 2 aromatic rings. The molecule has 0 fully saturated rings. The summed E-state index contributed by atoms with van der Waals surface area (Å²) in [4.78, 5) is 12.1. The van der Waals surface area contributed by atoms with E-state index in [1.165, 1.54) is 13.0 Å². The number of aryl methyl sites for hydroxylation is 1. The van der Waals surface area contributed by atoms with Crippen LogP contribution in [0.3, 0.4) is 0 Å². The van der Waals surface area contributed by atoms with E-state index < -0.39 is 23.0 Å². The predicted octanol–water partition coefficient (Wildman–Crippen LogP) is 4.46. The Kier molecular flexibility index (Phi) is 4.10. The third-order valence-corrected chi connectivity index (χ3v) is 3.65. The van der Waals surface area contributed by atoms with E-state index in [9.17, 15) is 13.6 Å². The summed E-state index contributed by atoms with van der Waals surface area (Å²) in [6.45, 7) is 1.50. The number of rotatable bonds is 3. The Morgan fingerprint density at radius 1 is 1.16 bits per heavy atom. The molecule has 0 atom stereocenters. The second-order valence-corrected chi connectivity index (χ2v) is 5.10. The molecule has 0 radical (unpaired) electrons. The van der Waals surface area contributed by atoms with Gasteiger partial charge >= 0.3 is 0 Å². The monoisotopic (exact) mass is 324 g/mol. The molecule has 98 valence electrons. The molecule has 1 nitrogen and oxygen atoms in total. The molecule has 0 spiro atoms. The Labute approximate surface area is 118 Å². The van der Waals surface area contributed by atoms with Crippen LogP contribution >= 0.6 is 15.9 Å². The third kappa shape index (κ3) is 2.89. The largest absolute Gasteiger partial charge is 0.294 e. The molecule has 0 amide bonds. The van der Waals surface area contributed by atoms with E-state index >= 15 is 0 Å². The SMILES string of the molecule is Cc1ccc(F)c(C(=O)Cc2ccccc2Br)c1F. The van der Waals surface area contributed by atoms with Crippen LogP contribution in [0.25, 0.3) is 0 Å². The summed E-state index contributed by atoms with van der Waals surface area (Å²) in [5.74, 6) is -2.16. The van der Waals surface area contributed by atoms with E-state index in [1.807, 2.05) is 6.07 Å². The maximum atomic E-state index is 13.8. The van der Waals surface area contributed by atoms with Crippen molar-refractivity contribution in [2.45, 2.75) is 13.3 Å². The molecule has 0 bridgehead atoms. The van der Waals surface area contributed by atoms with Crippen LogP contribution < -0.4 is 0 Å². The van der Waals surface area contributed by atoms with Gasteiger partial charge in [-0.3, -0.25) is 4.79 Å². The smallest absolute Gasteiger partial charge is 0.173 e. The molecule has 0 aliphatic heterocycles. The normalized spacial score (nSPS) is 10.5. The Balaban J connectivity index is 2.36. The predicted molar refractivity (Wildman–Crippen MR) is 73.3 cm³/mol. The molecule has 2 aromatic carbocycles. The molecule has 2 rings (SSSR count). The highest BCUT2D eigenvalue weighted by molar-refractivity contribution is 9.10. The molecular formula is C15H11BrF2O. The van der Waals surface area contributed by atoms with Crippen molar-refractivity contribution in [2.24, 2.45) is 0 Å². The molecule has 0 N–H and O–H groups in total. The Morgan fingerprint density at radius 3 is 2.53 bits per heavy atom. The zero-order valence-electron chi connectivity index (χ0n) is 10.2. The molecule has 0 aliphatic carbocycles. The summed E-state index contributed by atoms with van der Waals surface area (Å²) in [6, 6.07) is 9.55. The van der Waals surface area contributed by atoms with Gasteiger partial charge in [0.15, 0.2) is 5.78 Å². The standard InChI is InChI=1S/C15H11BrF2O/c1-9-6-7-12(17)14(15(9)18)13(19)8-10-4-2-3-5-11(10)16/h2-7H,8H2,1H3. The maximum Gasteiger partial charge on any atom is 0.173 e. The van der Waals surface area contributed by atoms with Crippen molar-refractivity contribution < 1.29 is 13.6 Å². The molecule has 19 heavy (non-hydrogen) atoms. The fraction of sp³-hybridized carbons (Fsp3) is 0.133. The first kappa shape index (κ1) is 13.9. The average molecular weight is 325 g/mol. The molecule has 0 aromatic heterocycles. The summed E-state index contributed by atoms with van der Waals surface area (Å²) in [5, 5.41) is 0. The first-order valence-corrected chi connectivity index (χ1v) is 6.51.